The molecule has 1 aliphatic rings. The minimum absolute atomic E-state index is 0.636. The maximum absolute atomic E-state index is 5.84. The van der Waals surface area contributed by atoms with Crippen LogP contribution in [-0.4, -0.2) is 6.54 Å². The van der Waals surface area contributed by atoms with Crippen LogP contribution in [0.3, 0.4) is 0 Å². The Balaban J connectivity index is 1.70. The predicted octanol–water partition coefficient (Wildman–Crippen LogP) is 3.93. The van der Waals surface area contributed by atoms with Crippen LogP contribution < -0.4 is 10.1 Å². The first-order valence-corrected chi connectivity index (χ1v) is 6.86. The van der Waals surface area contributed by atoms with Gasteiger partial charge >= 0.3 is 0 Å². The molecule has 0 aromatic heterocycles. The second-order valence-corrected chi connectivity index (χ2v) is 5.13. The summed E-state index contributed by atoms with van der Waals surface area (Å²) < 4.78 is 5.84. The fraction of sp³-hybridized carbons (Fsp3) is 0.294. The third-order valence-electron chi connectivity index (χ3n) is 3.50. The number of nitrogens with one attached hydrogen (secondary N) is 1. The van der Waals surface area contributed by atoms with Gasteiger partial charge in [0.2, 0.25) is 0 Å². The lowest BCUT2D eigenvalue weighted by Gasteiger charge is -2.18. The van der Waals surface area contributed by atoms with Crippen molar-refractivity contribution in [2.45, 2.75) is 26.4 Å². The molecule has 1 aliphatic heterocycles. The largest absolute Gasteiger partial charge is 0.489 e. The molecule has 0 unspecified atom stereocenters. The Labute approximate surface area is 114 Å². The van der Waals surface area contributed by atoms with Crippen LogP contribution in [-0.2, 0) is 13.0 Å². The van der Waals surface area contributed by atoms with Gasteiger partial charge in [-0.25, -0.2) is 0 Å². The van der Waals surface area contributed by atoms with Gasteiger partial charge in [-0.2, -0.15) is 0 Å². The molecule has 0 aliphatic carbocycles. The summed E-state index contributed by atoms with van der Waals surface area (Å²) in [5, 5.41) is 3.43. The molecular weight excluding hydrogens is 234 g/mol. The summed E-state index contributed by atoms with van der Waals surface area (Å²) in [5.41, 5.74) is 5.17. The van der Waals surface area contributed by atoms with E-state index in [1.54, 1.807) is 0 Å². The lowest BCUT2D eigenvalue weighted by Crippen LogP contribution is -2.12. The van der Waals surface area contributed by atoms with Gasteiger partial charge in [-0.05, 0) is 54.7 Å². The van der Waals surface area contributed by atoms with Crippen molar-refractivity contribution in [3.8, 4) is 5.75 Å². The summed E-state index contributed by atoms with van der Waals surface area (Å²) >= 11 is 0. The number of rotatable bonds is 3. The fourth-order valence-corrected chi connectivity index (χ4v) is 2.49. The summed E-state index contributed by atoms with van der Waals surface area (Å²) in [4.78, 5) is 0. The quantitative estimate of drug-likeness (QED) is 0.894. The van der Waals surface area contributed by atoms with Crippen molar-refractivity contribution in [1.82, 2.24) is 0 Å². The van der Waals surface area contributed by atoms with Crippen LogP contribution in [0.2, 0.25) is 0 Å². The first kappa shape index (κ1) is 12.1. The van der Waals surface area contributed by atoms with Gasteiger partial charge in [-0.3, -0.25) is 0 Å². The van der Waals surface area contributed by atoms with Gasteiger partial charge in [0.05, 0.1) is 0 Å². The molecule has 0 atom stereocenters. The number of ether oxygens (including phenoxy) is 1. The van der Waals surface area contributed by atoms with E-state index in [4.69, 9.17) is 4.74 Å². The van der Waals surface area contributed by atoms with Crippen LogP contribution in [0.15, 0.2) is 42.5 Å². The first-order valence-electron chi connectivity index (χ1n) is 6.86. The van der Waals surface area contributed by atoms with Crippen molar-refractivity contribution >= 4 is 5.69 Å². The molecule has 1 N–H and O–H groups in total. The third-order valence-corrected chi connectivity index (χ3v) is 3.50. The fourth-order valence-electron chi connectivity index (χ4n) is 2.49. The maximum atomic E-state index is 5.84. The predicted molar refractivity (Wildman–Crippen MR) is 78.8 cm³/mol. The Morgan fingerprint density at radius 1 is 1.16 bits per heavy atom. The lowest BCUT2D eigenvalue weighted by molar-refractivity contribution is 0.306. The van der Waals surface area contributed by atoms with E-state index in [2.05, 4.69) is 42.6 Å². The van der Waals surface area contributed by atoms with Crippen molar-refractivity contribution in [1.29, 1.82) is 0 Å². The summed E-state index contributed by atoms with van der Waals surface area (Å²) in [5.74, 6) is 0.941. The third kappa shape index (κ3) is 2.90. The Bertz CT molecular complexity index is 577. The van der Waals surface area contributed by atoms with Gasteiger partial charge in [-0.15, -0.1) is 0 Å². The lowest BCUT2D eigenvalue weighted by atomic mass is 10.0. The van der Waals surface area contributed by atoms with E-state index in [0.717, 1.165) is 12.3 Å². The van der Waals surface area contributed by atoms with Gasteiger partial charge in [-0.1, -0.05) is 24.3 Å². The van der Waals surface area contributed by atoms with Gasteiger partial charge in [0.25, 0.3) is 0 Å². The van der Waals surface area contributed by atoms with E-state index in [0.29, 0.717) is 6.61 Å². The van der Waals surface area contributed by atoms with Crippen LogP contribution in [0, 0.1) is 6.92 Å². The molecular formula is C17H19NO. The smallest absolute Gasteiger partial charge is 0.120 e. The molecule has 2 nitrogen and oxygen atoms in total. The molecule has 19 heavy (non-hydrogen) atoms. The van der Waals surface area contributed by atoms with Gasteiger partial charge in [0.15, 0.2) is 0 Å². The molecule has 1 heterocycles. The second-order valence-electron chi connectivity index (χ2n) is 5.13. The normalized spacial score (nSPS) is 13.5. The zero-order chi connectivity index (χ0) is 13.1. The highest BCUT2D eigenvalue weighted by atomic mass is 16.5. The zero-order valence-corrected chi connectivity index (χ0v) is 11.3. The Morgan fingerprint density at radius 2 is 2.11 bits per heavy atom. The maximum Gasteiger partial charge on any atom is 0.120 e. The van der Waals surface area contributed by atoms with Crippen LogP contribution in [0.5, 0.6) is 5.75 Å². The van der Waals surface area contributed by atoms with Crippen molar-refractivity contribution in [3.63, 3.8) is 0 Å². The molecule has 2 aromatic rings. The van der Waals surface area contributed by atoms with E-state index in [1.165, 1.54) is 35.2 Å². The topological polar surface area (TPSA) is 21.3 Å². The average Bonchev–Trinajstić information content (AvgIpc) is 2.45. The van der Waals surface area contributed by atoms with E-state index in [9.17, 15) is 0 Å². The van der Waals surface area contributed by atoms with Crippen molar-refractivity contribution in [3.05, 3.63) is 59.2 Å². The summed E-state index contributed by atoms with van der Waals surface area (Å²) in [6.07, 6.45) is 2.38. The molecule has 0 saturated heterocycles. The molecule has 98 valence electrons. The van der Waals surface area contributed by atoms with Crippen LogP contribution in [0.25, 0.3) is 0 Å². The standard InChI is InChI=1S/C17H19NO/c1-13-4-2-6-16(10-13)19-12-14-7-8-17-15(11-14)5-3-9-18-17/h2,4,6-8,10-11,18H,3,5,9,12H2,1H3. The SMILES string of the molecule is Cc1cccc(OCc2ccc3c(c2)CCCN3)c1. The van der Waals surface area contributed by atoms with E-state index in [1.807, 2.05) is 12.1 Å². The highest BCUT2D eigenvalue weighted by molar-refractivity contribution is 5.54. The van der Waals surface area contributed by atoms with E-state index >= 15 is 0 Å². The zero-order valence-electron chi connectivity index (χ0n) is 11.3. The van der Waals surface area contributed by atoms with Crippen molar-refractivity contribution in [2.24, 2.45) is 0 Å². The number of hydrogen-bond donors (Lipinski definition) is 1. The van der Waals surface area contributed by atoms with Gasteiger partial charge in [0.1, 0.15) is 12.4 Å². The monoisotopic (exact) mass is 253 g/mol. The first-order chi connectivity index (χ1) is 9.31. The minimum Gasteiger partial charge on any atom is -0.489 e. The molecule has 0 fully saturated rings. The number of aryl methyl sites for hydroxylation is 2. The van der Waals surface area contributed by atoms with Gasteiger partial charge in [0, 0.05) is 12.2 Å². The summed E-state index contributed by atoms with van der Waals surface area (Å²) in [6.45, 7) is 3.81. The number of fused-ring (bicyclic) bond motifs is 1. The van der Waals surface area contributed by atoms with Crippen LogP contribution in [0.1, 0.15) is 23.1 Å². The van der Waals surface area contributed by atoms with Crippen LogP contribution >= 0.6 is 0 Å². The summed E-state index contributed by atoms with van der Waals surface area (Å²) in [6, 6.07) is 14.8. The number of anilines is 1. The molecule has 0 saturated carbocycles. The second kappa shape index (κ2) is 5.35. The number of benzene rings is 2. The highest BCUT2D eigenvalue weighted by Crippen LogP contribution is 2.23. The number of hydrogen-bond acceptors (Lipinski definition) is 2. The molecule has 2 heteroatoms. The molecule has 3 rings (SSSR count). The molecule has 0 amide bonds. The molecule has 0 bridgehead atoms. The van der Waals surface area contributed by atoms with Crippen molar-refractivity contribution in [2.75, 3.05) is 11.9 Å². The molecule has 0 radical (unpaired) electrons. The Kier molecular flexibility index (Phi) is 3.41. The highest BCUT2D eigenvalue weighted by Gasteiger charge is 2.08. The van der Waals surface area contributed by atoms with Crippen molar-refractivity contribution < 1.29 is 4.74 Å². The van der Waals surface area contributed by atoms with E-state index < -0.39 is 0 Å². The Morgan fingerprint density at radius 3 is 3.00 bits per heavy atom. The van der Waals surface area contributed by atoms with Gasteiger partial charge < -0.3 is 10.1 Å². The summed E-state index contributed by atoms with van der Waals surface area (Å²) in [7, 11) is 0. The molecule has 0 spiro atoms. The minimum atomic E-state index is 0.636. The van der Waals surface area contributed by atoms with E-state index in [-0.39, 0.29) is 0 Å². The molecule has 2 aromatic carbocycles. The van der Waals surface area contributed by atoms with Crippen LogP contribution in [0.4, 0.5) is 5.69 Å². The Hall–Kier alpha value is -1.96. The average molecular weight is 253 g/mol.